The van der Waals surface area contributed by atoms with Crippen molar-refractivity contribution in [2.75, 3.05) is 23.1 Å². The summed E-state index contributed by atoms with van der Waals surface area (Å²) in [7, 11) is -3.71. The first kappa shape index (κ1) is 25.7. The van der Waals surface area contributed by atoms with E-state index in [1.165, 1.54) is 22.6 Å². The van der Waals surface area contributed by atoms with Gasteiger partial charge in [0.15, 0.2) is 0 Å². The fourth-order valence-electron chi connectivity index (χ4n) is 4.70. The van der Waals surface area contributed by atoms with Crippen LogP contribution in [0.4, 0.5) is 10.7 Å². The molecule has 10 heteroatoms. The van der Waals surface area contributed by atoms with Gasteiger partial charge in [-0.2, -0.15) is 0 Å². The molecule has 1 aliphatic heterocycles. The molecule has 3 aromatic carbocycles. The summed E-state index contributed by atoms with van der Waals surface area (Å²) >= 11 is 3.26. The van der Waals surface area contributed by atoms with Crippen LogP contribution in [0.1, 0.15) is 27.7 Å². The Morgan fingerprint density at radius 1 is 0.974 bits per heavy atom. The van der Waals surface area contributed by atoms with Crippen LogP contribution in [0, 0.1) is 0 Å². The van der Waals surface area contributed by atoms with Crippen molar-refractivity contribution >= 4 is 59.5 Å². The van der Waals surface area contributed by atoms with Crippen LogP contribution in [-0.4, -0.2) is 37.3 Å². The third-order valence-corrected chi connectivity index (χ3v) is 10.4. The smallest absolute Gasteiger partial charge is 0.261 e. The van der Waals surface area contributed by atoms with E-state index >= 15 is 0 Å². The topological polar surface area (TPSA) is 91.4 Å². The first-order valence-electron chi connectivity index (χ1n) is 12.6. The van der Waals surface area contributed by atoms with E-state index in [1.807, 2.05) is 18.2 Å². The Labute approximate surface area is 235 Å². The second kappa shape index (κ2) is 10.5. The minimum Gasteiger partial charge on any atom is -0.313 e. The Morgan fingerprint density at radius 2 is 1.72 bits per heavy atom. The number of nitrogens with one attached hydrogen (secondary N) is 2. The zero-order valence-electron chi connectivity index (χ0n) is 21.2. The van der Waals surface area contributed by atoms with Crippen LogP contribution in [-0.2, 0) is 23.0 Å². The number of para-hydroxylation sites is 1. The first-order valence-corrected chi connectivity index (χ1v) is 15.7. The van der Waals surface area contributed by atoms with Crippen molar-refractivity contribution in [2.24, 2.45) is 0 Å². The number of amides is 1. The third kappa shape index (κ3) is 5.20. The van der Waals surface area contributed by atoms with Crippen molar-refractivity contribution in [1.82, 2.24) is 9.88 Å². The van der Waals surface area contributed by atoms with Crippen LogP contribution in [0.15, 0.2) is 83.8 Å². The molecule has 3 heterocycles. The molecule has 0 bridgehead atoms. The fourth-order valence-corrected chi connectivity index (χ4v) is 8.17. The van der Waals surface area contributed by atoms with Gasteiger partial charge in [0.25, 0.3) is 15.9 Å². The molecule has 0 saturated carbocycles. The number of fused-ring (bicyclic) bond motifs is 2. The summed E-state index contributed by atoms with van der Waals surface area (Å²) in [5.41, 5.74) is 4.07. The third-order valence-electron chi connectivity index (χ3n) is 6.77. The average molecular weight is 575 g/mol. The van der Waals surface area contributed by atoms with Gasteiger partial charge in [0.1, 0.15) is 10.0 Å². The predicted molar refractivity (Wildman–Crippen MR) is 159 cm³/mol. The van der Waals surface area contributed by atoms with Gasteiger partial charge in [-0.15, -0.1) is 22.7 Å². The lowest BCUT2D eigenvalue weighted by Crippen LogP contribution is -2.29. The largest absolute Gasteiger partial charge is 0.313 e. The molecule has 0 fully saturated rings. The van der Waals surface area contributed by atoms with E-state index in [1.54, 1.807) is 65.1 Å². The van der Waals surface area contributed by atoms with E-state index < -0.39 is 10.0 Å². The second-order valence-corrected chi connectivity index (χ2v) is 13.1. The number of rotatable bonds is 7. The summed E-state index contributed by atoms with van der Waals surface area (Å²) in [6.07, 6.45) is 0.914. The van der Waals surface area contributed by atoms with E-state index in [4.69, 9.17) is 4.98 Å². The van der Waals surface area contributed by atoms with Crippen molar-refractivity contribution in [3.63, 3.8) is 0 Å². The molecule has 7 nitrogen and oxygen atoms in total. The van der Waals surface area contributed by atoms with Gasteiger partial charge in [-0.25, -0.2) is 13.4 Å². The second-order valence-electron chi connectivity index (χ2n) is 9.26. The normalized spacial score (nSPS) is 13.8. The summed E-state index contributed by atoms with van der Waals surface area (Å²) in [4.78, 5) is 22.1. The van der Waals surface area contributed by atoms with Crippen LogP contribution >= 0.6 is 22.7 Å². The van der Waals surface area contributed by atoms with Crippen molar-refractivity contribution in [2.45, 2.75) is 24.8 Å². The highest BCUT2D eigenvalue weighted by Crippen LogP contribution is 2.45. The molecule has 0 radical (unpaired) electrons. The van der Waals surface area contributed by atoms with Gasteiger partial charge < -0.3 is 5.32 Å². The number of anilines is 2. The Balaban J connectivity index is 1.28. The molecule has 0 saturated heterocycles. The van der Waals surface area contributed by atoms with Crippen molar-refractivity contribution in [3.8, 4) is 10.6 Å². The van der Waals surface area contributed by atoms with Crippen LogP contribution in [0.5, 0.6) is 0 Å². The Morgan fingerprint density at radius 3 is 2.46 bits per heavy atom. The maximum absolute atomic E-state index is 13.4. The minimum absolute atomic E-state index is 0.178. The standard InChI is InChI=1S/C29H26N4O3S3/c1-2-33-17-16-22-25(18-33)38-29(26(22)28-30-23-10-6-7-11-24(23)37-28)31-27(34)19-12-14-20(15-13-19)32-39(35,36)21-8-4-3-5-9-21/h3-15,32H,2,16-18H2,1H3,(H,31,34). The number of carbonyl (C=O) groups is 1. The summed E-state index contributed by atoms with van der Waals surface area (Å²) in [5.74, 6) is -0.249. The molecule has 2 aromatic heterocycles. The number of sulfonamides is 1. The van der Waals surface area contributed by atoms with Gasteiger partial charge in [-0.1, -0.05) is 37.3 Å². The van der Waals surface area contributed by atoms with Crippen LogP contribution < -0.4 is 10.0 Å². The summed E-state index contributed by atoms with van der Waals surface area (Å²) in [6.45, 7) is 4.99. The van der Waals surface area contributed by atoms with Crippen molar-refractivity contribution in [3.05, 3.63) is 94.9 Å². The molecule has 39 heavy (non-hydrogen) atoms. The molecule has 0 spiro atoms. The monoisotopic (exact) mass is 574 g/mol. The zero-order valence-corrected chi connectivity index (χ0v) is 23.6. The highest BCUT2D eigenvalue weighted by atomic mass is 32.2. The molecule has 0 aliphatic carbocycles. The molecule has 1 amide bonds. The number of benzene rings is 3. The molecular weight excluding hydrogens is 549 g/mol. The Kier molecular flexibility index (Phi) is 6.94. The van der Waals surface area contributed by atoms with E-state index in [9.17, 15) is 13.2 Å². The predicted octanol–water partition coefficient (Wildman–Crippen LogP) is 6.46. The van der Waals surface area contributed by atoms with Gasteiger partial charge in [0.05, 0.1) is 15.1 Å². The zero-order chi connectivity index (χ0) is 27.0. The van der Waals surface area contributed by atoms with Crippen LogP contribution in [0.3, 0.4) is 0 Å². The Hall–Kier alpha value is -3.57. The minimum atomic E-state index is -3.71. The molecule has 1 aliphatic rings. The lowest BCUT2D eigenvalue weighted by Gasteiger charge is -2.25. The van der Waals surface area contributed by atoms with Gasteiger partial charge >= 0.3 is 0 Å². The fraction of sp³-hybridized carbons (Fsp3) is 0.172. The SMILES string of the molecule is CCN1CCc2c(sc(NC(=O)c3ccc(NS(=O)(=O)c4ccccc4)cc3)c2-c2nc3ccccc3s2)C1. The lowest BCUT2D eigenvalue weighted by molar-refractivity contribution is 0.102. The first-order chi connectivity index (χ1) is 18.9. The number of hydrogen-bond acceptors (Lipinski definition) is 7. The summed E-state index contributed by atoms with van der Waals surface area (Å²) < 4.78 is 29.0. The van der Waals surface area contributed by atoms with E-state index in [0.29, 0.717) is 11.3 Å². The van der Waals surface area contributed by atoms with Crippen molar-refractivity contribution < 1.29 is 13.2 Å². The average Bonchev–Trinajstić information content (AvgIpc) is 3.53. The number of thiophene rings is 1. The maximum Gasteiger partial charge on any atom is 0.261 e. The highest BCUT2D eigenvalue weighted by Gasteiger charge is 2.27. The molecule has 5 aromatic rings. The summed E-state index contributed by atoms with van der Waals surface area (Å²) in [6, 6.07) is 22.7. The van der Waals surface area contributed by atoms with Crippen LogP contribution in [0.2, 0.25) is 0 Å². The maximum atomic E-state index is 13.4. The molecule has 6 rings (SSSR count). The van der Waals surface area contributed by atoms with Crippen molar-refractivity contribution in [1.29, 1.82) is 0 Å². The van der Waals surface area contributed by atoms with Crippen LogP contribution in [0.25, 0.3) is 20.8 Å². The number of aromatic nitrogens is 1. The number of nitrogens with zero attached hydrogens (tertiary/aromatic N) is 2. The summed E-state index contributed by atoms with van der Waals surface area (Å²) in [5, 5.41) is 4.86. The number of likely N-dealkylation sites (N-methyl/N-ethyl adjacent to an activating group) is 1. The molecule has 0 unspecified atom stereocenters. The van der Waals surface area contributed by atoms with Gasteiger partial charge in [0.2, 0.25) is 0 Å². The highest BCUT2D eigenvalue weighted by molar-refractivity contribution is 7.92. The quantitative estimate of drug-likeness (QED) is 0.233. The number of carbonyl (C=O) groups excluding carboxylic acids is 1. The molecular formula is C29H26N4O3S3. The van der Waals surface area contributed by atoms with Gasteiger partial charge in [-0.3, -0.25) is 14.4 Å². The van der Waals surface area contributed by atoms with Gasteiger partial charge in [-0.05, 0) is 67.1 Å². The van der Waals surface area contributed by atoms with E-state index in [0.717, 1.165) is 51.8 Å². The molecule has 0 atom stereocenters. The Bertz CT molecular complexity index is 1730. The number of thiazole rings is 1. The van der Waals surface area contributed by atoms with E-state index in [-0.39, 0.29) is 10.8 Å². The van der Waals surface area contributed by atoms with Gasteiger partial charge in [0, 0.05) is 34.8 Å². The molecule has 198 valence electrons. The van der Waals surface area contributed by atoms with E-state index in [2.05, 4.69) is 27.9 Å². The number of hydrogen-bond donors (Lipinski definition) is 2. The molecule has 2 N–H and O–H groups in total. The lowest BCUT2D eigenvalue weighted by atomic mass is 10.0.